The summed E-state index contributed by atoms with van der Waals surface area (Å²) in [6.45, 7) is 7.92. The Morgan fingerprint density at radius 2 is 0.967 bits per heavy atom. The van der Waals surface area contributed by atoms with Gasteiger partial charge in [-0.3, -0.25) is 9.59 Å². The monoisotopic (exact) mass is 440 g/mol. The summed E-state index contributed by atoms with van der Waals surface area (Å²) in [5.41, 5.74) is 5.90. The Labute approximate surface area is 186 Å². The lowest BCUT2D eigenvalue weighted by atomic mass is 10.0. The first-order chi connectivity index (χ1) is 14.2. The SMILES string of the molecule is Cc1ccc(NC(=O)c2cc(Cl)c(Cl)cc2C(=O)Nc2ccc(C)c(C)c2)cc1C. The van der Waals surface area contributed by atoms with Crippen LogP contribution in [0, 0.1) is 27.7 Å². The van der Waals surface area contributed by atoms with E-state index < -0.39 is 11.8 Å². The molecule has 0 bridgehead atoms. The number of benzene rings is 3. The number of rotatable bonds is 4. The van der Waals surface area contributed by atoms with Crippen molar-refractivity contribution in [1.82, 2.24) is 0 Å². The normalized spacial score (nSPS) is 10.6. The zero-order valence-corrected chi connectivity index (χ0v) is 18.7. The molecule has 4 nitrogen and oxygen atoms in total. The van der Waals surface area contributed by atoms with Crippen LogP contribution >= 0.6 is 23.2 Å². The van der Waals surface area contributed by atoms with Crippen molar-refractivity contribution in [3.05, 3.63) is 92.0 Å². The third kappa shape index (κ3) is 4.84. The van der Waals surface area contributed by atoms with Crippen LogP contribution in [0.25, 0.3) is 0 Å². The predicted octanol–water partition coefficient (Wildman–Crippen LogP) is 6.73. The van der Waals surface area contributed by atoms with Gasteiger partial charge in [-0.15, -0.1) is 0 Å². The molecule has 2 N–H and O–H groups in total. The zero-order valence-electron chi connectivity index (χ0n) is 17.2. The molecule has 30 heavy (non-hydrogen) atoms. The molecule has 6 heteroatoms. The van der Waals surface area contributed by atoms with Gasteiger partial charge in [0.15, 0.2) is 0 Å². The molecule has 0 radical (unpaired) electrons. The number of hydrogen-bond acceptors (Lipinski definition) is 2. The van der Waals surface area contributed by atoms with Gasteiger partial charge in [0.25, 0.3) is 11.8 Å². The first-order valence-corrected chi connectivity index (χ1v) is 10.2. The Morgan fingerprint density at radius 3 is 1.30 bits per heavy atom. The van der Waals surface area contributed by atoms with Crippen LogP contribution in [0.1, 0.15) is 43.0 Å². The highest BCUT2D eigenvalue weighted by atomic mass is 35.5. The van der Waals surface area contributed by atoms with Crippen LogP contribution in [0.3, 0.4) is 0 Å². The molecule has 0 aliphatic rings. The molecule has 3 rings (SSSR count). The van der Waals surface area contributed by atoms with Gasteiger partial charge in [-0.1, -0.05) is 35.3 Å². The molecule has 0 atom stereocenters. The van der Waals surface area contributed by atoms with Crippen molar-refractivity contribution >= 4 is 46.4 Å². The zero-order chi connectivity index (χ0) is 22.0. The van der Waals surface area contributed by atoms with Crippen molar-refractivity contribution in [3.8, 4) is 0 Å². The summed E-state index contributed by atoms with van der Waals surface area (Å²) in [4.78, 5) is 25.9. The molecule has 0 aliphatic carbocycles. The second-order valence-corrected chi connectivity index (χ2v) is 8.13. The summed E-state index contributed by atoms with van der Waals surface area (Å²) < 4.78 is 0. The Bertz CT molecular complexity index is 1070. The summed E-state index contributed by atoms with van der Waals surface area (Å²) in [7, 11) is 0. The smallest absolute Gasteiger partial charge is 0.256 e. The lowest BCUT2D eigenvalue weighted by Gasteiger charge is -2.13. The molecule has 0 saturated heterocycles. The Kier molecular flexibility index (Phi) is 6.49. The van der Waals surface area contributed by atoms with Crippen molar-refractivity contribution in [1.29, 1.82) is 0 Å². The van der Waals surface area contributed by atoms with Crippen molar-refractivity contribution in [2.24, 2.45) is 0 Å². The summed E-state index contributed by atoms with van der Waals surface area (Å²) >= 11 is 12.3. The minimum Gasteiger partial charge on any atom is -0.322 e. The van der Waals surface area contributed by atoms with E-state index in [0.29, 0.717) is 11.4 Å². The molecule has 0 aliphatic heterocycles. The third-order valence-electron chi connectivity index (χ3n) is 5.08. The summed E-state index contributed by atoms with van der Waals surface area (Å²) in [5.74, 6) is -0.885. The average Bonchev–Trinajstić information content (AvgIpc) is 2.69. The summed E-state index contributed by atoms with van der Waals surface area (Å²) in [6.07, 6.45) is 0. The van der Waals surface area contributed by atoms with Gasteiger partial charge in [0.2, 0.25) is 0 Å². The maximum Gasteiger partial charge on any atom is 0.256 e. The van der Waals surface area contributed by atoms with Crippen molar-refractivity contribution < 1.29 is 9.59 Å². The number of nitrogens with one attached hydrogen (secondary N) is 2. The highest BCUT2D eigenvalue weighted by molar-refractivity contribution is 6.42. The maximum atomic E-state index is 13.0. The second-order valence-electron chi connectivity index (χ2n) is 7.32. The Hall–Kier alpha value is -2.82. The maximum absolute atomic E-state index is 13.0. The second kappa shape index (κ2) is 8.90. The van der Waals surface area contributed by atoms with E-state index in [-0.39, 0.29) is 21.2 Å². The fourth-order valence-electron chi connectivity index (χ4n) is 2.96. The van der Waals surface area contributed by atoms with Gasteiger partial charge < -0.3 is 10.6 Å². The predicted molar refractivity (Wildman–Crippen MR) is 124 cm³/mol. The van der Waals surface area contributed by atoms with Crippen molar-refractivity contribution in [2.45, 2.75) is 27.7 Å². The molecule has 0 heterocycles. The van der Waals surface area contributed by atoms with Gasteiger partial charge in [0, 0.05) is 11.4 Å². The largest absolute Gasteiger partial charge is 0.322 e. The Morgan fingerprint density at radius 1 is 0.600 bits per heavy atom. The molecule has 3 aromatic carbocycles. The molecular formula is C24H22Cl2N2O2. The van der Waals surface area contributed by atoms with Crippen LogP contribution in [-0.4, -0.2) is 11.8 Å². The van der Waals surface area contributed by atoms with E-state index >= 15 is 0 Å². The van der Waals surface area contributed by atoms with Gasteiger partial charge in [-0.05, 0) is 86.3 Å². The standard InChI is InChI=1S/C24H22Cl2N2O2/c1-13-5-7-17(9-15(13)3)27-23(29)19-11-21(25)22(26)12-20(19)24(30)28-18-8-6-14(2)16(4)10-18/h5-12H,1-4H3,(H,27,29)(H,28,30). The lowest BCUT2D eigenvalue weighted by Crippen LogP contribution is -2.20. The molecule has 2 amide bonds. The number of hydrogen-bond donors (Lipinski definition) is 2. The highest BCUT2D eigenvalue weighted by Gasteiger charge is 2.20. The minimum absolute atomic E-state index is 0.143. The third-order valence-corrected chi connectivity index (χ3v) is 5.80. The van der Waals surface area contributed by atoms with Crippen molar-refractivity contribution in [2.75, 3.05) is 10.6 Å². The quantitative estimate of drug-likeness (QED) is 0.472. The molecular weight excluding hydrogens is 419 g/mol. The van der Waals surface area contributed by atoms with Crippen molar-refractivity contribution in [3.63, 3.8) is 0 Å². The van der Waals surface area contributed by atoms with E-state index in [1.165, 1.54) is 12.1 Å². The lowest BCUT2D eigenvalue weighted by molar-refractivity contribution is 0.0990. The summed E-state index contributed by atoms with van der Waals surface area (Å²) in [5, 5.41) is 6.05. The molecule has 0 saturated carbocycles. The molecule has 0 aromatic heterocycles. The molecule has 0 unspecified atom stereocenters. The number of amides is 2. The fourth-order valence-corrected chi connectivity index (χ4v) is 3.29. The van der Waals surface area contributed by atoms with E-state index in [9.17, 15) is 9.59 Å². The molecule has 0 spiro atoms. The van der Waals surface area contributed by atoms with Crippen LogP contribution in [0.15, 0.2) is 48.5 Å². The van der Waals surface area contributed by atoms with Gasteiger partial charge >= 0.3 is 0 Å². The van der Waals surface area contributed by atoms with Crippen LogP contribution < -0.4 is 10.6 Å². The fraction of sp³-hybridized carbons (Fsp3) is 0.167. The molecule has 3 aromatic rings. The number of halogens is 2. The van der Waals surface area contributed by atoms with Crippen LogP contribution in [-0.2, 0) is 0 Å². The van der Waals surface area contributed by atoms with E-state index in [1.807, 2.05) is 64.1 Å². The van der Waals surface area contributed by atoms with Gasteiger partial charge in [0.1, 0.15) is 0 Å². The summed E-state index contributed by atoms with van der Waals surface area (Å²) in [6, 6.07) is 14.0. The van der Waals surface area contributed by atoms with E-state index in [1.54, 1.807) is 0 Å². The first-order valence-electron chi connectivity index (χ1n) is 9.42. The number of anilines is 2. The average molecular weight is 441 g/mol. The first kappa shape index (κ1) is 21.9. The number of carbonyl (C=O) groups is 2. The number of aryl methyl sites for hydroxylation is 4. The van der Waals surface area contributed by atoms with Crippen LogP contribution in [0.4, 0.5) is 11.4 Å². The van der Waals surface area contributed by atoms with Crippen LogP contribution in [0.5, 0.6) is 0 Å². The van der Waals surface area contributed by atoms with Gasteiger partial charge in [-0.2, -0.15) is 0 Å². The van der Waals surface area contributed by atoms with E-state index in [0.717, 1.165) is 22.3 Å². The number of carbonyl (C=O) groups excluding carboxylic acids is 2. The highest BCUT2D eigenvalue weighted by Crippen LogP contribution is 2.28. The van der Waals surface area contributed by atoms with E-state index in [2.05, 4.69) is 10.6 Å². The van der Waals surface area contributed by atoms with Crippen LogP contribution in [0.2, 0.25) is 10.0 Å². The van der Waals surface area contributed by atoms with Gasteiger partial charge in [-0.25, -0.2) is 0 Å². The minimum atomic E-state index is -0.443. The molecule has 154 valence electrons. The molecule has 0 fully saturated rings. The van der Waals surface area contributed by atoms with Gasteiger partial charge in [0.05, 0.1) is 21.2 Å². The Balaban J connectivity index is 1.93. The topological polar surface area (TPSA) is 58.2 Å². The van der Waals surface area contributed by atoms with E-state index in [4.69, 9.17) is 23.2 Å².